The minimum Gasteiger partial charge on any atom is -0.496 e. The number of nitrogens with one attached hydrogen (secondary N) is 2. The maximum atomic E-state index is 12.5. The van der Waals surface area contributed by atoms with E-state index in [0.717, 1.165) is 22.2 Å². The molecule has 0 atom stereocenters. The third-order valence-electron chi connectivity index (χ3n) is 3.78. The molecule has 1 aromatic heterocycles. The average molecular weight is 351 g/mol. The molecule has 3 rings (SSSR count). The van der Waals surface area contributed by atoms with Gasteiger partial charge in [0.1, 0.15) is 5.75 Å². The number of aryl methyl sites for hydroxylation is 1. The molecule has 25 heavy (non-hydrogen) atoms. The Balaban J connectivity index is 1.79. The van der Waals surface area contributed by atoms with Gasteiger partial charge >= 0.3 is 0 Å². The first-order valence-electron chi connectivity index (χ1n) is 7.70. The van der Waals surface area contributed by atoms with E-state index in [4.69, 9.17) is 17.0 Å². The van der Waals surface area contributed by atoms with Crippen molar-refractivity contribution in [1.82, 2.24) is 10.3 Å². The number of hydrogen-bond donors (Lipinski definition) is 2. The van der Waals surface area contributed by atoms with Gasteiger partial charge in [0.15, 0.2) is 5.11 Å². The van der Waals surface area contributed by atoms with Crippen LogP contribution in [-0.2, 0) is 0 Å². The fourth-order valence-corrected chi connectivity index (χ4v) is 2.84. The van der Waals surface area contributed by atoms with Gasteiger partial charge in [0.2, 0.25) is 0 Å². The summed E-state index contributed by atoms with van der Waals surface area (Å²) in [7, 11) is 1.54. The predicted octanol–water partition coefficient (Wildman–Crippen LogP) is 3.68. The van der Waals surface area contributed by atoms with Crippen molar-refractivity contribution in [3.8, 4) is 5.75 Å². The molecule has 0 aliphatic heterocycles. The Morgan fingerprint density at radius 2 is 1.92 bits per heavy atom. The molecule has 0 unspecified atom stereocenters. The monoisotopic (exact) mass is 351 g/mol. The van der Waals surface area contributed by atoms with Crippen LogP contribution in [0.4, 0.5) is 5.69 Å². The highest BCUT2D eigenvalue weighted by atomic mass is 32.1. The van der Waals surface area contributed by atoms with Gasteiger partial charge < -0.3 is 10.1 Å². The lowest BCUT2D eigenvalue weighted by molar-refractivity contribution is 0.0974. The number of hydrogen-bond acceptors (Lipinski definition) is 4. The maximum Gasteiger partial charge on any atom is 0.261 e. The van der Waals surface area contributed by atoms with Crippen molar-refractivity contribution < 1.29 is 9.53 Å². The first kappa shape index (κ1) is 16.9. The van der Waals surface area contributed by atoms with Crippen LogP contribution in [0, 0.1) is 6.92 Å². The Hall–Kier alpha value is -2.99. The van der Waals surface area contributed by atoms with Crippen LogP contribution >= 0.6 is 12.2 Å². The van der Waals surface area contributed by atoms with E-state index >= 15 is 0 Å². The average Bonchev–Trinajstić information content (AvgIpc) is 2.61. The third kappa shape index (κ3) is 3.59. The summed E-state index contributed by atoms with van der Waals surface area (Å²) < 4.78 is 5.32. The first-order chi connectivity index (χ1) is 12.1. The van der Waals surface area contributed by atoms with Crippen LogP contribution in [0.2, 0.25) is 0 Å². The van der Waals surface area contributed by atoms with Crippen molar-refractivity contribution in [2.24, 2.45) is 0 Å². The highest BCUT2D eigenvalue weighted by Gasteiger charge is 2.15. The van der Waals surface area contributed by atoms with Crippen LogP contribution < -0.4 is 15.4 Å². The Labute approximate surface area is 151 Å². The number of benzene rings is 2. The topological polar surface area (TPSA) is 63.2 Å². The zero-order valence-electron chi connectivity index (χ0n) is 13.9. The number of methoxy groups -OCH3 is 1. The first-order valence-corrected chi connectivity index (χ1v) is 8.10. The molecular weight excluding hydrogens is 334 g/mol. The molecule has 1 heterocycles. The predicted molar refractivity (Wildman–Crippen MR) is 103 cm³/mol. The Bertz CT molecular complexity index is 951. The molecule has 6 heteroatoms. The molecule has 2 aromatic carbocycles. The highest BCUT2D eigenvalue weighted by Crippen LogP contribution is 2.23. The van der Waals surface area contributed by atoms with E-state index < -0.39 is 0 Å². The summed E-state index contributed by atoms with van der Waals surface area (Å²) in [5, 5.41) is 6.89. The van der Waals surface area contributed by atoms with E-state index in [1.165, 1.54) is 0 Å². The van der Waals surface area contributed by atoms with Gasteiger partial charge in [-0.1, -0.05) is 18.2 Å². The van der Waals surface area contributed by atoms with E-state index in [1.54, 1.807) is 25.4 Å². The van der Waals surface area contributed by atoms with Gasteiger partial charge in [0, 0.05) is 17.3 Å². The lowest BCUT2D eigenvalue weighted by atomic mass is 10.1. The molecule has 0 spiro atoms. The number of amides is 1. The molecule has 0 bridgehead atoms. The normalized spacial score (nSPS) is 10.3. The quantitative estimate of drug-likeness (QED) is 0.705. The fourth-order valence-electron chi connectivity index (χ4n) is 2.64. The van der Waals surface area contributed by atoms with E-state index in [-0.39, 0.29) is 11.0 Å². The summed E-state index contributed by atoms with van der Waals surface area (Å²) in [4.78, 5) is 16.8. The number of para-hydroxylation sites is 1. The van der Waals surface area contributed by atoms with Crippen molar-refractivity contribution in [2.75, 3.05) is 12.4 Å². The van der Waals surface area contributed by atoms with Gasteiger partial charge in [-0.25, -0.2) is 0 Å². The van der Waals surface area contributed by atoms with Crippen LogP contribution in [0.1, 0.15) is 15.9 Å². The van der Waals surface area contributed by atoms with Gasteiger partial charge in [-0.15, -0.1) is 0 Å². The lowest BCUT2D eigenvalue weighted by Crippen LogP contribution is -2.34. The number of thiocarbonyl (C=S) groups is 1. The van der Waals surface area contributed by atoms with E-state index in [2.05, 4.69) is 15.6 Å². The fraction of sp³-hybridized carbons (Fsp3) is 0.105. The second-order valence-corrected chi connectivity index (χ2v) is 5.85. The zero-order chi connectivity index (χ0) is 17.8. The molecule has 0 saturated carbocycles. The summed E-state index contributed by atoms with van der Waals surface area (Å²) in [6, 6.07) is 14.9. The molecule has 0 aliphatic carbocycles. The molecule has 5 nitrogen and oxygen atoms in total. The molecule has 0 radical (unpaired) electrons. The molecule has 126 valence electrons. The maximum absolute atomic E-state index is 12.5. The van der Waals surface area contributed by atoms with E-state index in [9.17, 15) is 4.79 Å². The highest BCUT2D eigenvalue weighted by molar-refractivity contribution is 7.80. The van der Waals surface area contributed by atoms with Crippen molar-refractivity contribution in [3.05, 3.63) is 65.9 Å². The number of nitrogens with zero attached hydrogens (tertiary/aromatic N) is 1. The zero-order valence-corrected chi connectivity index (χ0v) is 14.7. The number of carbonyl (C=O) groups excluding carboxylic acids is 1. The molecule has 1 amide bonds. The Morgan fingerprint density at radius 1 is 1.12 bits per heavy atom. The van der Waals surface area contributed by atoms with Gasteiger partial charge in [0.05, 0.1) is 18.2 Å². The molecule has 0 saturated heterocycles. The third-order valence-corrected chi connectivity index (χ3v) is 3.99. The summed E-state index contributed by atoms with van der Waals surface area (Å²) in [6.45, 7) is 1.88. The van der Waals surface area contributed by atoms with Crippen LogP contribution in [0.3, 0.4) is 0 Å². The minimum atomic E-state index is -0.323. The Kier molecular flexibility index (Phi) is 4.90. The molecule has 3 aromatic rings. The number of aromatic nitrogens is 1. The van der Waals surface area contributed by atoms with Crippen molar-refractivity contribution >= 4 is 39.8 Å². The SMILES string of the molecule is COc1c(C)cccc1C(=O)NC(=S)Nc1cccc2ncccc12. The number of pyridine rings is 1. The van der Waals surface area contributed by atoms with Gasteiger partial charge in [-0.2, -0.15) is 0 Å². The molecule has 0 fully saturated rings. The summed E-state index contributed by atoms with van der Waals surface area (Å²) >= 11 is 5.28. The number of fused-ring (bicyclic) bond motifs is 1. The smallest absolute Gasteiger partial charge is 0.261 e. The largest absolute Gasteiger partial charge is 0.496 e. The van der Waals surface area contributed by atoms with Crippen molar-refractivity contribution in [3.63, 3.8) is 0 Å². The molecule has 2 N–H and O–H groups in total. The standard InChI is InChI=1S/C19H17N3O2S/c1-12-6-3-7-14(17(12)24-2)18(23)22-19(25)21-16-10-4-9-15-13(16)8-5-11-20-15/h3-11H,1-2H3,(H2,21,22,23,25). The second-order valence-electron chi connectivity index (χ2n) is 5.44. The Morgan fingerprint density at radius 3 is 2.72 bits per heavy atom. The van der Waals surface area contributed by atoms with Crippen LogP contribution in [-0.4, -0.2) is 23.1 Å². The lowest BCUT2D eigenvalue weighted by Gasteiger charge is -2.14. The van der Waals surface area contributed by atoms with Crippen LogP contribution in [0.25, 0.3) is 10.9 Å². The summed E-state index contributed by atoms with van der Waals surface area (Å²) in [5.41, 5.74) is 2.95. The number of ether oxygens (including phenoxy) is 1. The summed E-state index contributed by atoms with van der Waals surface area (Å²) in [5.74, 6) is 0.216. The van der Waals surface area contributed by atoms with E-state index in [1.807, 2.05) is 43.3 Å². The van der Waals surface area contributed by atoms with Crippen LogP contribution in [0.5, 0.6) is 5.75 Å². The number of anilines is 1. The molecular formula is C19H17N3O2S. The minimum absolute atomic E-state index is 0.213. The van der Waals surface area contributed by atoms with E-state index in [0.29, 0.717) is 11.3 Å². The van der Waals surface area contributed by atoms with Crippen LogP contribution in [0.15, 0.2) is 54.7 Å². The number of rotatable bonds is 3. The van der Waals surface area contributed by atoms with Gasteiger partial charge in [0.25, 0.3) is 5.91 Å². The van der Waals surface area contributed by atoms with Crippen molar-refractivity contribution in [2.45, 2.75) is 6.92 Å². The second kappa shape index (κ2) is 7.27. The molecule has 0 aliphatic rings. The number of carbonyl (C=O) groups is 1. The van der Waals surface area contributed by atoms with Gasteiger partial charge in [-0.3, -0.25) is 15.1 Å². The summed E-state index contributed by atoms with van der Waals surface area (Å²) in [6.07, 6.45) is 1.73. The van der Waals surface area contributed by atoms with Gasteiger partial charge in [-0.05, 0) is 55.0 Å². The van der Waals surface area contributed by atoms with Crippen molar-refractivity contribution in [1.29, 1.82) is 0 Å².